The highest BCUT2D eigenvalue weighted by molar-refractivity contribution is 5.92. The standard InChI is InChI=1S/C20H32N4O3/c1-14(2)10-16(12-25)22-19(26)17-11-21-18(24-8-3-4-9-24)20(23-17)27-13-15-6-5-7-15/h11,14-16,25H,3-10,12-13H2,1-2H3,(H,22,26)/t16-/m0/s1. The first-order valence-corrected chi connectivity index (χ1v) is 10.2. The predicted octanol–water partition coefficient (Wildman–Crippen LogP) is 2.39. The van der Waals surface area contributed by atoms with Gasteiger partial charge in [0.15, 0.2) is 11.5 Å². The van der Waals surface area contributed by atoms with Crippen molar-refractivity contribution in [1.82, 2.24) is 15.3 Å². The third-order valence-corrected chi connectivity index (χ3v) is 5.35. The lowest BCUT2D eigenvalue weighted by Gasteiger charge is -2.26. The smallest absolute Gasteiger partial charge is 0.271 e. The zero-order valence-corrected chi connectivity index (χ0v) is 16.5. The molecule has 2 N–H and O–H groups in total. The van der Waals surface area contributed by atoms with Crippen molar-refractivity contribution in [3.63, 3.8) is 0 Å². The average molecular weight is 377 g/mol. The van der Waals surface area contributed by atoms with E-state index in [-0.39, 0.29) is 24.2 Å². The highest BCUT2D eigenvalue weighted by Crippen LogP contribution is 2.30. The van der Waals surface area contributed by atoms with Crippen LogP contribution in [-0.2, 0) is 0 Å². The van der Waals surface area contributed by atoms with Crippen LogP contribution in [0, 0.1) is 11.8 Å². The maximum atomic E-state index is 12.6. The summed E-state index contributed by atoms with van der Waals surface area (Å²) >= 11 is 0. The number of carbonyl (C=O) groups excluding carboxylic acids is 1. The van der Waals surface area contributed by atoms with Gasteiger partial charge in [0.2, 0.25) is 0 Å². The molecule has 0 unspecified atom stereocenters. The molecule has 1 aromatic rings. The molecular weight excluding hydrogens is 344 g/mol. The molecule has 2 fully saturated rings. The van der Waals surface area contributed by atoms with Gasteiger partial charge in [-0.1, -0.05) is 20.3 Å². The number of nitrogens with zero attached hydrogens (tertiary/aromatic N) is 3. The Morgan fingerprint density at radius 3 is 2.67 bits per heavy atom. The van der Waals surface area contributed by atoms with Crippen LogP contribution in [-0.4, -0.2) is 53.3 Å². The topological polar surface area (TPSA) is 87.6 Å². The summed E-state index contributed by atoms with van der Waals surface area (Å²) < 4.78 is 6.00. The van der Waals surface area contributed by atoms with Gasteiger partial charge in [0, 0.05) is 13.1 Å². The van der Waals surface area contributed by atoms with E-state index in [0.717, 1.165) is 31.7 Å². The molecule has 7 heteroatoms. The van der Waals surface area contributed by atoms with Gasteiger partial charge >= 0.3 is 0 Å². The quantitative estimate of drug-likeness (QED) is 0.688. The van der Waals surface area contributed by atoms with Crippen LogP contribution in [0.1, 0.15) is 62.9 Å². The Kier molecular flexibility index (Phi) is 6.88. The maximum absolute atomic E-state index is 12.6. The monoisotopic (exact) mass is 376 g/mol. The van der Waals surface area contributed by atoms with Crippen LogP contribution < -0.4 is 15.0 Å². The molecule has 1 aliphatic carbocycles. The predicted molar refractivity (Wildman–Crippen MR) is 104 cm³/mol. The minimum atomic E-state index is -0.316. The molecule has 27 heavy (non-hydrogen) atoms. The Balaban J connectivity index is 1.73. The zero-order valence-electron chi connectivity index (χ0n) is 16.5. The lowest BCUT2D eigenvalue weighted by atomic mass is 9.86. The lowest BCUT2D eigenvalue weighted by Crippen LogP contribution is -2.39. The molecule has 0 spiro atoms. The number of amides is 1. The summed E-state index contributed by atoms with van der Waals surface area (Å²) in [6.45, 7) is 6.56. The highest BCUT2D eigenvalue weighted by atomic mass is 16.5. The lowest BCUT2D eigenvalue weighted by molar-refractivity contribution is 0.0901. The summed E-state index contributed by atoms with van der Waals surface area (Å²) in [7, 11) is 0. The summed E-state index contributed by atoms with van der Waals surface area (Å²) in [5.41, 5.74) is 0.240. The van der Waals surface area contributed by atoms with Crippen LogP contribution >= 0.6 is 0 Å². The fraction of sp³-hybridized carbons (Fsp3) is 0.750. The fourth-order valence-electron chi connectivity index (χ4n) is 3.58. The number of hydrogen-bond acceptors (Lipinski definition) is 6. The van der Waals surface area contributed by atoms with Crippen molar-refractivity contribution in [2.45, 2.75) is 58.4 Å². The van der Waals surface area contributed by atoms with Crippen LogP contribution in [0.3, 0.4) is 0 Å². The van der Waals surface area contributed by atoms with Crippen molar-refractivity contribution in [3.05, 3.63) is 11.9 Å². The average Bonchev–Trinajstić information content (AvgIpc) is 3.13. The van der Waals surface area contributed by atoms with E-state index in [0.29, 0.717) is 30.7 Å². The molecule has 7 nitrogen and oxygen atoms in total. The molecule has 150 valence electrons. The summed E-state index contributed by atoms with van der Waals surface area (Å²) in [4.78, 5) is 23.8. The van der Waals surface area contributed by atoms with Crippen LogP contribution in [0.5, 0.6) is 5.88 Å². The zero-order chi connectivity index (χ0) is 19.2. The molecule has 0 bridgehead atoms. The molecule has 1 atom stereocenters. The molecule has 0 radical (unpaired) electrons. The van der Waals surface area contributed by atoms with Crippen molar-refractivity contribution < 1.29 is 14.6 Å². The summed E-state index contributed by atoms with van der Waals surface area (Å²) in [6, 6.07) is -0.281. The van der Waals surface area contributed by atoms with E-state index >= 15 is 0 Å². The Labute approximate surface area is 161 Å². The van der Waals surface area contributed by atoms with Gasteiger partial charge in [-0.25, -0.2) is 9.97 Å². The molecule has 1 aliphatic heterocycles. The van der Waals surface area contributed by atoms with E-state index in [1.54, 1.807) is 0 Å². The molecule has 2 aliphatic rings. The summed E-state index contributed by atoms with van der Waals surface area (Å²) in [5.74, 6) is 1.85. The Morgan fingerprint density at radius 1 is 1.33 bits per heavy atom. The number of rotatable bonds is 9. The van der Waals surface area contributed by atoms with Gasteiger partial charge in [0.25, 0.3) is 11.8 Å². The van der Waals surface area contributed by atoms with Gasteiger partial charge in [-0.2, -0.15) is 0 Å². The molecule has 0 aromatic carbocycles. The molecule has 1 amide bonds. The van der Waals surface area contributed by atoms with Gasteiger partial charge in [-0.3, -0.25) is 4.79 Å². The number of nitrogens with one attached hydrogen (secondary N) is 1. The SMILES string of the molecule is CC(C)C[C@@H](CO)NC(=O)c1cnc(N2CCCC2)c(OCC2CCC2)n1. The normalized spacial score (nSPS) is 18.4. The second-order valence-electron chi connectivity index (χ2n) is 8.17. The number of aliphatic hydroxyl groups excluding tert-OH is 1. The molecule has 1 aromatic heterocycles. The van der Waals surface area contributed by atoms with Gasteiger partial charge in [0.1, 0.15) is 0 Å². The van der Waals surface area contributed by atoms with E-state index in [1.165, 1.54) is 25.5 Å². The van der Waals surface area contributed by atoms with E-state index in [4.69, 9.17) is 4.74 Å². The van der Waals surface area contributed by atoms with Crippen LogP contribution in [0.2, 0.25) is 0 Å². The van der Waals surface area contributed by atoms with Gasteiger partial charge < -0.3 is 20.1 Å². The first-order valence-electron chi connectivity index (χ1n) is 10.2. The van der Waals surface area contributed by atoms with Crippen molar-refractivity contribution in [2.75, 3.05) is 31.2 Å². The minimum Gasteiger partial charge on any atom is -0.475 e. The van der Waals surface area contributed by atoms with E-state index in [2.05, 4.69) is 34.0 Å². The number of aromatic nitrogens is 2. The van der Waals surface area contributed by atoms with Crippen molar-refractivity contribution in [1.29, 1.82) is 0 Å². The first-order chi connectivity index (χ1) is 13.1. The molecule has 2 heterocycles. The first kappa shape index (κ1) is 19.9. The van der Waals surface area contributed by atoms with Crippen molar-refractivity contribution in [2.24, 2.45) is 11.8 Å². The summed E-state index contributed by atoms with van der Waals surface area (Å²) in [5, 5.41) is 12.4. The fourth-order valence-corrected chi connectivity index (χ4v) is 3.58. The van der Waals surface area contributed by atoms with E-state index in [9.17, 15) is 9.90 Å². The third kappa shape index (κ3) is 5.31. The number of aliphatic hydroxyl groups is 1. The van der Waals surface area contributed by atoms with Crippen molar-refractivity contribution in [3.8, 4) is 5.88 Å². The van der Waals surface area contributed by atoms with Gasteiger partial charge in [-0.15, -0.1) is 0 Å². The number of carbonyl (C=O) groups is 1. The van der Waals surface area contributed by atoms with E-state index < -0.39 is 0 Å². The van der Waals surface area contributed by atoms with Crippen LogP contribution in [0.15, 0.2) is 6.20 Å². The molecule has 1 saturated carbocycles. The Morgan fingerprint density at radius 2 is 2.07 bits per heavy atom. The second kappa shape index (κ2) is 9.35. The summed E-state index contributed by atoms with van der Waals surface area (Å²) in [6.07, 6.45) is 8.16. The Bertz CT molecular complexity index is 628. The maximum Gasteiger partial charge on any atom is 0.271 e. The molecular formula is C20H32N4O3. The largest absolute Gasteiger partial charge is 0.475 e. The minimum absolute atomic E-state index is 0.0890. The third-order valence-electron chi connectivity index (χ3n) is 5.35. The number of ether oxygens (including phenoxy) is 1. The Hall–Kier alpha value is -1.89. The second-order valence-corrected chi connectivity index (χ2v) is 8.17. The van der Waals surface area contributed by atoms with Gasteiger partial charge in [-0.05, 0) is 43.9 Å². The van der Waals surface area contributed by atoms with Crippen molar-refractivity contribution >= 4 is 11.7 Å². The number of anilines is 1. The molecule has 1 saturated heterocycles. The van der Waals surface area contributed by atoms with Crippen LogP contribution in [0.25, 0.3) is 0 Å². The molecule has 3 rings (SSSR count). The van der Waals surface area contributed by atoms with Crippen LogP contribution in [0.4, 0.5) is 5.82 Å². The van der Waals surface area contributed by atoms with E-state index in [1.807, 2.05) is 0 Å². The highest BCUT2D eigenvalue weighted by Gasteiger charge is 2.24. The van der Waals surface area contributed by atoms with Gasteiger partial charge in [0.05, 0.1) is 25.5 Å². The number of hydrogen-bond donors (Lipinski definition) is 2.